The Morgan fingerprint density at radius 1 is 1.35 bits per heavy atom. The largest absolute Gasteiger partial charge is 0.351 e. The molecule has 0 aliphatic heterocycles. The SMILES string of the molecule is Cc1cc(S[C@@H](C)C(=O)NC(N)=O)nc2ccccc12. The number of aryl methyl sites for hydroxylation is 1. The number of rotatable bonds is 3. The first kappa shape index (κ1) is 14.3. The van der Waals surface area contributed by atoms with E-state index < -0.39 is 17.2 Å². The zero-order chi connectivity index (χ0) is 14.7. The maximum atomic E-state index is 11.6. The Morgan fingerprint density at radius 3 is 2.75 bits per heavy atom. The highest BCUT2D eigenvalue weighted by Crippen LogP contribution is 2.26. The number of para-hydroxylation sites is 1. The highest BCUT2D eigenvalue weighted by molar-refractivity contribution is 8.00. The number of imide groups is 1. The first-order chi connectivity index (χ1) is 9.47. The Kier molecular flexibility index (Phi) is 4.24. The van der Waals surface area contributed by atoms with Crippen molar-refractivity contribution in [2.75, 3.05) is 0 Å². The van der Waals surface area contributed by atoms with Crippen LogP contribution in [0.4, 0.5) is 4.79 Å². The van der Waals surface area contributed by atoms with Gasteiger partial charge in [0.25, 0.3) is 0 Å². The number of nitrogens with zero attached hydrogens (tertiary/aromatic N) is 1. The second-order valence-corrected chi connectivity index (χ2v) is 5.77. The fourth-order valence-corrected chi connectivity index (χ4v) is 2.76. The van der Waals surface area contributed by atoms with Gasteiger partial charge in [0.2, 0.25) is 5.91 Å². The molecule has 0 spiro atoms. The Morgan fingerprint density at radius 2 is 2.05 bits per heavy atom. The van der Waals surface area contributed by atoms with Gasteiger partial charge in [-0.2, -0.15) is 0 Å². The zero-order valence-corrected chi connectivity index (χ0v) is 12.0. The van der Waals surface area contributed by atoms with E-state index in [1.807, 2.05) is 37.3 Å². The van der Waals surface area contributed by atoms with Gasteiger partial charge in [-0.3, -0.25) is 10.1 Å². The van der Waals surface area contributed by atoms with E-state index in [2.05, 4.69) is 10.3 Å². The number of nitrogens with two attached hydrogens (primary N) is 1. The molecular weight excluding hydrogens is 274 g/mol. The maximum Gasteiger partial charge on any atom is 0.318 e. The molecule has 0 fully saturated rings. The molecule has 6 heteroatoms. The van der Waals surface area contributed by atoms with Gasteiger partial charge in [0.1, 0.15) is 0 Å². The number of aromatic nitrogens is 1. The molecule has 5 nitrogen and oxygen atoms in total. The van der Waals surface area contributed by atoms with E-state index in [0.29, 0.717) is 0 Å². The summed E-state index contributed by atoms with van der Waals surface area (Å²) >= 11 is 1.29. The lowest BCUT2D eigenvalue weighted by Crippen LogP contribution is -2.39. The van der Waals surface area contributed by atoms with E-state index in [-0.39, 0.29) is 0 Å². The van der Waals surface area contributed by atoms with Gasteiger partial charge >= 0.3 is 6.03 Å². The van der Waals surface area contributed by atoms with E-state index in [1.165, 1.54) is 11.8 Å². The predicted molar refractivity (Wildman–Crippen MR) is 79.5 cm³/mol. The van der Waals surface area contributed by atoms with E-state index >= 15 is 0 Å². The number of nitrogens with one attached hydrogen (secondary N) is 1. The summed E-state index contributed by atoms with van der Waals surface area (Å²) in [5.41, 5.74) is 6.91. The van der Waals surface area contributed by atoms with Crippen LogP contribution in [0.2, 0.25) is 0 Å². The highest BCUT2D eigenvalue weighted by atomic mass is 32.2. The van der Waals surface area contributed by atoms with Crippen LogP contribution in [0.15, 0.2) is 35.4 Å². The molecule has 0 radical (unpaired) electrons. The third-order valence-corrected chi connectivity index (χ3v) is 3.83. The van der Waals surface area contributed by atoms with Crippen molar-refractivity contribution in [1.29, 1.82) is 0 Å². The summed E-state index contributed by atoms with van der Waals surface area (Å²) in [6.07, 6.45) is 0. The molecule has 0 aliphatic carbocycles. The van der Waals surface area contributed by atoms with Gasteiger partial charge in [0, 0.05) is 5.39 Å². The number of hydrogen-bond acceptors (Lipinski definition) is 4. The van der Waals surface area contributed by atoms with Gasteiger partial charge in [0.05, 0.1) is 15.8 Å². The van der Waals surface area contributed by atoms with Crippen molar-refractivity contribution >= 4 is 34.6 Å². The molecule has 1 aromatic heterocycles. The van der Waals surface area contributed by atoms with Gasteiger partial charge in [-0.05, 0) is 31.5 Å². The maximum absolute atomic E-state index is 11.6. The summed E-state index contributed by atoms with van der Waals surface area (Å²) in [6.45, 7) is 3.71. The molecule has 20 heavy (non-hydrogen) atoms. The molecule has 2 rings (SSSR count). The smallest absolute Gasteiger partial charge is 0.318 e. The van der Waals surface area contributed by atoms with Crippen LogP contribution >= 0.6 is 11.8 Å². The van der Waals surface area contributed by atoms with Crippen LogP contribution in [0.1, 0.15) is 12.5 Å². The zero-order valence-electron chi connectivity index (χ0n) is 11.2. The number of amides is 3. The van der Waals surface area contributed by atoms with E-state index in [9.17, 15) is 9.59 Å². The summed E-state index contributed by atoms with van der Waals surface area (Å²) < 4.78 is 0. The van der Waals surface area contributed by atoms with Crippen LogP contribution in [0.5, 0.6) is 0 Å². The fourth-order valence-electron chi connectivity index (χ4n) is 1.84. The Balaban J connectivity index is 2.21. The van der Waals surface area contributed by atoms with Crippen LogP contribution in [-0.2, 0) is 4.79 Å². The van der Waals surface area contributed by atoms with Gasteiger partial charge in [-0.1, -0.05) is 30.0 Å². The topological polar surface area (TPSA) is 85.1 Å². The van der Waals surface area contributed by atoms with Crippen LogP contribution in [0.25, 0.3) is 10.9 Å². The molecule has 3 amide bonds. The number of carbonyl (C=O) groups is 2. The van der Waals surface area contributed by atoms with Crippen molar-refractivity contribution in [2.24, 2.45) is 5.73 Å². The van der Waals surface area contributed by atoms with Crippen LogP contribution < -0.4 is 11.1 Å². The molecule has 104 valence electrons. The number of thioether (sulfide) groups is 1. The van der Waals surface area contributed by atoms with E-state index in [0.717, 1.165) is 21.5 Å². The number of hydrogen-bond donors (Lipinski definition) is 2. The lowest BCUT2D eigenvalue weighted by Gasteiger charge is -2.11. The number of pyridine rings is 1. The van der Waals surface area contributed by atoms with Crippen molar-refractivity contribution in [1.82, 2.24) is 10.3 Å². The third-order valence-electron chi connectivity index (χ3n) is 2.81. The lowest BCUT2D eigenvalue weighted by molar-refractivity contribution is -0.119. The van der Waals surface area contributed by atoms with Crippen LogP contribution in [-0.4, -0.2) is 22.2 Å². The second-order valence-electron chi connectivity index (χ2n) is 4.41. The lowest BCUT2D eigenvalue weighted by atomic mass is 10.1. The third kappa shape index (κ3) is 3.27. The average Bonchev–Trinajstić information content (AvgIpc) is 2.38. The fraction of sp³-hybridized carbons (Fsp3) is 0.214. The van der Waals surface area contributed by atoms with Crippen molar-refractivity contribution in [3.05, 3.63) is 35.9 Å². The summed E-state index contributed by atoms with van der Waals surface area (Å²) in [6, 6.07) is 8.92. The molecular formula is C14H15N3O2S. The minimum atomic E-state index is -0.842. The number of primary amides is 1. The van der Waals surface area contributed by atoms with E-state index in [1.54, 1.807) is 6.92 Å². The molecule has 0 saturated heterocycles. The normalized spacial score (nSPS) is 12.1. The van der Waals surface area contributed by atoms with Crippen molar-refractivity contribution in [3.8, 4) is 0 Å². The van der Waals surface area contributed by atoms with Crippen molar-refractivity contribution < 1.29 is 9.59 Å². The van der Waals surface area contributed by atoms with Crippen LogP contribution in [0, 0.1) is 6.92 Å². The molecule has 1 aromatic carbocycles. The van der Waals surface area contributed by atoms with Crippen LogP contribution in [0.3, 0.4) is 0 Å². The molecule has 3 N–H and O–H groups in total. The molecule has 1 atom stereocenters. The summed E-state index contributed by atoms with van der Waals surface area (Å²) in [4.78, 5) is 26.8. The number of fused-ring (bicyclic) bond motifs is 1. The number of urea groups is 1. The molecule has 0 bridgehead atoms. The van der Waals surface area contributed by atoms with Gasteiger partial charge in [-0.25, -0.2) is 9.78 Å². The standard InChI is InChI=1S/C14H15N3O2S/c1-8-7-12(16-11-6-4-3-5-10(8)11)20-9(2)13(18)17-14(15)19/h3-7,9H,1-2H3,(H3,15,17,18,19)/t9-/m0/s1. The van der Waals surface area contributed by atoms with Crippen molar-refractivity contribution in [3.63, 3.8) is 0 Å². The Bertz CT molecular complexity index is 673. The monoisotopic (exact) mass is 289 g/mol. The Labute approximate surface area is 120 Å². The molecule has 0 saturated carbocycles. The highest BCUT2D eigenvalue weighted by Gasteiger charge is 2.17. The van der Waals surface area contributed by atoms with Crippen molar-refractivity contribution in [2.45, 2.75) is 24.1 Å². The quantitative estimate of drug-likeness (QED) is 0.848. The number of benzene rings is 1. The molecule has 0 unspecified atom stereocenters. The van der Waals surface area contributed by atoms with Gasteiger partial charge in [-0.15, -0.1) is 0 Å². The first-order valence-electron chi connectivity index (χ1n) is 6.10. The van der Waals surface area contributed by atoms with Gasteiger partial charge in [0.15, 0.2) is 0 Å². The molecule has 1 heterocycles. The van der Waals surface area contributed by atoms with E-state index in [4.69, 9.17) is 5.73 Å². The first-order valence-corrected chi connectivity index (χ1v) is 6.98. The average molecular weight is 289 g/mol. The van der Waals surface area contributed by atoms with Gasteiger partial charge < -0.3 is 5.73 Å². The summed E-state index contributed by atoms with van der Waals surface area (Å²) in [5.74, 6) is -0.421. The minimum Gasteiger partial charge on any atom is -0.351 e. The molecule has 2 aromatic rings. The Hall–Kier alpha value is -2.08. The molecule has 0 aliphatic rings. The number of carbonyl (C=O) groups excluding carboxylic acids is 2. The summed E-state index contributed by atoms with van der Waals surface area (Å²) in [5, 5.41) is 3.45. The minimum absolute atomic E-state index is 0.421. The second kappa shape index (κ2) is 5.92. The predicted octanol–water partition coefficient (Wildman–Crippen LogP) is 2.22. The summed E-state index contributed by atoms with van der Waals surface area (Å²) in [7, 11) is 0.